The van der Waals surface area contributed by atoms with Gasteiger partial charge in [0.25, 0.3) is 0 Å². The molecule has 0 spiro atoms. The van der Waals surface area contributed by atoms with E-state index < -0.39 is 9.05 Å². The number of rotatable bonds is 60. The standard InChI is InChI=1S/4C19H42N.12Mo.O4Si.36O/c4*1-5-6-7-8-9-10-11-12-13-14-15-16-17-18-19-20(2,3)4;;;;;;;;;;;;;1-5(2,3)4;;;;;;;;;;;;;;;;;;;;;;;;;;;;;;;;;;;;/h4*5-19H2,1-4H3;;;;;;;;;;;;;;;;;;;;;;;;;;;;;;;;;;;;;;;;;;;;;;;;;/q4*+1;;;;;;;;;;;;;-4;36*-2. The van der Waals surface area contributed by atoms with Crippen LogP contribution in [0.25, 0.3) is 0 Å². The predicted molar refractivity (Wildman–Crippen MR) is 403 cm³/mol. The average Bonchev–Trinajstić information content (AvgIpc) is 1.01. The van der Waals surface area contributed by atoms with Gasteiger partial charge in [0, 0.05) is 253 Å². The second-order valence-electron chi connectivity index (χ2n) is 30.9. The van der Waals surface area contributed by atoms with Crippen molar-refractivity contribution in [3.8, 4) is 0 Å². The van der Waals surface area contributed by atoms with Gasteiger partial charge in [0.15, 0.2) is 0 Å². The van der Waals surface area contributed by atoms with E-state index in [9.17, 15) is 0 Å². The van der Waals surface area contributed by atoms with Crippen LogP contribution in [0.2, 0.25) is 0 Å². The molecule has 0 atom stereocenters. The topological polar surface area (TPSA) is 1120 Å². The first-order valence-electron chi connectivity index (χ1n) is 38.3. The van der Waals surface area contributed by atoms with E-state index in [1.165, 1.54) is 386 Å². The van der Waals surface area contributed by atoms with Gasteiger partial charge >= 0.3 is 0 Å². The largest absolute Gasteiger partial charge is 2.00 e. The Morgan fingerprint density at radius 1 is 0.113 bits per heavy atom. The average molecular weight is 2960 g/mol. The van der Waals surface area contributed by atoms with Gasteiger partial charge < -0.3 is 243 Å². The molecule has 0 unspecified atom stereocenters. The minimum Gasteiger partial charge on any atom is -2.00 e. The molecule has 0 aliphatic carbocycles. The molecular formula is C76H168Mo12N4O40Si-72. The van der Waals surface area contributed by atoms with Crippen molar-refractivity contribution >= 4 is 9.05 Å². The van der Waals surface area contributed by atoms with E-state index in [1.54, 1.807) is 0 Å². The Morgan fingerprint density at radius 3 is 0.203 bits per heavy atom. The summed E-state index contributed by atoms with van der Waals surface area (Å²) in [7, 11) is 21.9. The summed E-state index contributed by atoms with van der Waals surface area (Å²) in [5, 5.41) is 0. The third-order valence-corrected chi connectivity index (χ3v) is 16.7. The fourth-order valence-corrected chi connectivity index (χ4v) is 11.1. The Bertz CT molecular complexity index is 1150. The Kier molecular flexibility index (Phi) is 756. The van der Waals surface area contributed by atoms with Crippen LogP contribution in [-0.4, -0.2) is 138 Å². The van der Waals surface area contributed by atoms with E-state index in [4.69, 9.17) is 19.2 Å². The molecule has 0 aromatic carbocycles. The van der Waals surface area contributed by atoms with Crippen molar-refractivity contribution in [1.29, 1.82) is 0 Å². The van der Waals surface area contributed by atoms with Crippen LogP contribution >= 0.6 is 0 Å². The zero-order valence-electron chi connectivity index (χ0n) is 81.9. The summed E-state index contributed by atoms with van der Waals surface area (Å²) in [6.45, 7) is 14.5. The third-order valence-electron chi connectivity index (χ3n) is 16.7. The zero-order valence-corrected chi connectivity index (χ0v) is 107. The fourth-order valence-electron chi connectivity index (χ4n) is 11.1. The fraction of sp³-hybridized carbons (Fsp3) is 1.00. The maximum atomic E-state index is 8.58. The summed E-state index contributed by atoms with van der Waals surface area (Å²) < 4.78 is 4.49. The molecular weight excluding hydrogens is 2790 g/mol. The van der Waals surface area contributed by atoms with E-state index in [-0.39, 0.29) is 450 Å². The van der Waals surface area contributed by atoms with Crippen LogP contribution in [0.5, 0.6) is 0 Å². The molecule has 0 rings (SSSR count). The van der Waals surface area contributed by atoms with Crippen molar-refractivity contribution in [2.24, 2.45) is 0 Å². The van der Waals surface area contributed by atoms with Crippen LogP contribution in [0.1, 0.15) is 387 Å². The molecule has 0 bridgehead atoms. The van der Waals surface area contributed by atoms with Gasteiger partial charge in [-0.25, -0.2) is 0 Å². The normalized spacial score (nSPS) is 7.67. The van der Waals surface area contributed by atoms with Gasteiger partial charge in [-0.2, -0.15) is 0 Å². The molecule has 133 heavy (non-hydrogen) atoms. The molecule has 880 valence electrons. The molecule has 0 aliphatic heterocycles. The van der Waals surface area contributed by atoms with Gasteiger partial charge in [-0.05, 0) is 51.4 Å². The number of hydrogen-bond acceptors (Lipinski definition) is 4. The smallest absolute Gasteiger partial charge is 0.0780 e. The first kappa shape index (κ1) is 358. The van der Waals surface area contributed by atoms with Crippen molar-refractivity contribution in [2.45, 2.75) is 387 Å². The van der Waals surface area contributed by atoms with Gasteiger partial charge in [0.1, 0.15) is 0 Å². The summed E-state index contributed by atoms with van der Waals surface area (Å²) in [5.74, 6) is 0. The number of hydrogen-bond donors (Lipinski definition) is 0. The predicted octanol–water partition coefficient (Wildman–Crippen LogP) is 15.3. The summed E-state index contributed by atoms with van der Waals surface area (Å²) in [6.07, 6.45) is 81.5. The van der Waals surface area contributed by atoms with Crippen LogP contribution in [0.3, 0.4) is 0 Å². The Hall–Kier alpha value is 6.72. The molecule has 0 N–H and O–H groups in total. The van der Waals surface area contributed by atoms with E-state index in [0.717, 1.165) is 17.9 Å². The van der Waals surface area contributed by atoms with Crippen LogP contribution in [0.4, 0.5) is 0 Å². The van der Waals surface area contributed by atoms with Crippen molar-refractivity contribution in [3.63, 3.8) is 0 Å². The number of unbranched alkanes of at least 4 members (excludes halogenated alkanes) is 52. The van der Waals surface area contributed by atoms with Crippen LogP contribution in [0, 0.1) is 0 Å². The van der Waals surface area contributed by atoms with Gasteiger partial charge in [-0.1, -0.05) is 336 Å². The van der Waals surface area contributed by atoms with Crippen LogP contribution in [-0.2, 0) is 450 Å². The monoisotopic (exact) mass is 2980 g/mol. The van der Waals surface area contributed by atoms with Gasteiger partial charge in [-0.15, -0.1) is 0 Å². The molecule has 57 heteroatoms. The summed E-state index contributed by atoms with van der Waals surface area (Å²) in [5.41, 5.74) is 0. The van der Waals surface area contributed by atoms with E-state index in [2.05, 4.69) is 112 Å². The van der Waals surface area contributed by atoms with Gasteiger partial charge in [0.05, 0.1) is 111 Å². The SMILES string of the molecule is CCCCCCCCCCCCCCCC[N+](C)(C)C.CCCCCCCCCCCCCCCC[N+](C)(C)C.CCCCCCCCCCCCCCCC[N+](C)(C)C.CCCCCCCCCCCCCCCC[N+](C)(C)C.[Mo].[Mo].[Mo].[Mo].[Mo].[Mo].[Mo].[Mo].[Mo].[Mo].[Mo].[Mo].[O-2].[O-2].[O-2].[O-2].[O-2].[O-2].[O-2].[O-2].[O-2].[O-2].[O-2].[O-2].[O-2].[O-2].[O-2].[O-2].[O-2].[O-2].[O-2].[O-2].[O-2].[O-2].[O-2].[O-2].[O-2].[O-2].[O-2].[O-2].[O-2].[O-2].[O-2].[O-2].[O-2].[O-2].[O-2].[O-2].[O-][Si]([O-])([O-])[O-]. The van der Waals surface area contributed by atoms with Gasteiger partial charge in [-0.3, -0.25) is 0 Å². The second-order valence-corrected chi connectivity index (χ2v) is 31.9. The molecule has 0 heterocycles. The molecule has 0 saturated heterocycles. The number of quaternary nitrogens is 4. The molecule has 0 aliphatic rings. The summed E-state index contributed by atoms with van der Waals surface area (Å²) >= 11 is 0. The number of nitrogens with zero attached hydrogens (tertiary/aromatic N) is 4. The maximum Gasteiger partial charge on any atom is 0.0780 e. The first-order valence-corrected chi connectivity index (χ1v) is 39.9. The molecule has 0 amide bonds. The van der Waals surface area contributed by atoms with E-state index in [1.807, 2.05) is 0 Å². The Morgan fingerprint density at radius 2 is 0.158 bits per heavy atom. The van der Waals surface area contributed by atoms with Crippen molar-refractivity contribution in [3.05, 3.63) is 0 Å². The summed E-state index contributed by atoms with van der Waals surface area (Å²) in [4.78, 5) is 34.3. The minimum atomic E-state index is -5.61. The molecule has 0 radical (unpaired) electrons. The molecule has 0 fully saturated rings. The molecule has 44 nitrogen and oxygen atoms in total. The van der Waals surface area contributed by atoms with E-state index in [0.29, 0.717) is 0 Å². The minimum absolute atomic E-state index is 0. The molecule has 0 saturated carbocycles. The molecule has 0 aromatic rings. The second kappa shape index (κ2) is 281. The third kappa shape index (κ3) is 464. The van der Waals surface area contributed by atoms with Crippen LogP contribution < -0.4 is 19.2 Å². The van der Waals surface area contributed by atoms with Crippen LogP contribution in [0.15, 0.2) is 0 Å². The van der Waals surface area contributed by atoms with Crippen molar-refractivity contribution < 1.29 is 487 Å². The maximum absolute atomic E-state index is 8.58. The Balaban J connectivity index is -0.0000000110. The molecule has 0 aromatic heterocycles. The van der Waals surface area contributed by atoms with Crippen molar-refractivity contribution in [2.75, 3.05) is 111 Å². The van der Waals surface area contributed by atoms with Gasteiger partial charge in [0.2, 0.25) is 0 Å². The zero-order chi connectivity index (χ0) is 64.9. The first-order chi connectivity index (χ1) is 40.2. The quantitative estimate of drug-likeness (QED) is 0.0325. The summed E-state index contributed by atoms with van der Waals surface area (Å²) in [6, 6.07) is 0. The van der Waals surface area contributed by atoms with E-state index >= 15 is 0 Å². The van der Waals surface area contributed by atoms with Crippen molar-refractivity contribution in [1.82, 2.24) is 0 Å². The Labute approximate surface area is 983 Å².